The quantitative estimate of drug-likeness (QED) is 0.701. The number of carbonyl (C=O) groups excluding carboxylic acids is 1. The summed E-state index contributed by atoms with van der Waals surface area (Å²) in [5, 5.41) is 0. The van der Waals surface area contributed by atoms with Crippen LogP contribution >= 0.6 is 0 Å². The molecule has 0 unspecified atom stereocenters. The lowest BCUT2D eigenvalue weighted by Gasteiger charge is -2.29. The van der Waals surface area contributed by atoms with Crippen LogP contribution in [0.3, 0.4) is 0 Å². The van der Waals surface area contributed by atoms with E-state index in [2.05, 4.69) is 4.98 Å². The maximum absolute atomic E-state index is 12.6. The van der Waals surface area contributed by atoms with E-state index < -0.39 is 15.9 Å². The number of hydrogen-bond donors (Lipinski definition) is 2. The van der Waals surface area contributed by atoms with E-state index in [1.165, 1.54) is 22.6 Å². The van der Waals surface area contributed by atoms with Crippen molar-refractivity contribution in [2.75, 3.05) is 26.2 Å². The first-order valence-corrected chi connectivity index (χ1v) is 9.19. The van der Waals surface area contributed by atoms with Crippen LogP contribution in [0.5, 0.6) is 5.88 Å². The van der Waals surface area contributed by atoms with Gasteiger partial charge < -0.3 is 16.2 Å². The van der Waals surface area contributed by atoms with E-state index in [4.69, 9.17) is 16.2 Å². The zero-order valence-electron chi connectivity index (χ0n) is 13.6. The van der Waals surface area contributed by atoms with Crippen molar-refractivity contribution < 1.29 is 22.3 Å². The highest BCUT2D eigenvalue weighted by Gasteiger charge is 2.31. The number of sulfonamides is 1. The minimum Gasteiger partial charge on any atom is -0.473 e. The van der Waals surface area contributed by atoms with Crippen LogP contribution < -0.4 is 16.2 Å². The van der Waals surface area contributed by atoms with E-state index in [1.54, 1.807) is 0 Å². The molecule has 2 heterocycles. The molecule has 0 bridgehead atoms. The first-order chi connectivity index (χ1) is 11.9. The number of pyridine rings is 1. The van der Waals surface area contributed by atoms with E-state index >= 15 is 0 Å². The van der Waals surface area contributed by atoms with E-state index in [-0.39, 0.29) is 48.5 Å². The molecule has 0 saturated carbocycles. The number of rotatable bonds is 7. The SMILES string of the molecule is NCC(=CF)COc1ccc(S(=O)(=O)N2CCC(C(N)=O)CC2)cn1. The fraction of sp³-hybridized carbons (Fsp3) is 0.467. The number of primary amides is 1. The lowest BCUT2D eigenvalue weighted by Crippen LogP contribution is -2.41. The Kier molecular flexibility index (Phi) is 6.45. The minimum absolute atomic E-state index is 0.0181. The Morgan fingerprint density at radius 2 is 2.08 bits per heavy atom. The second kappa shape index (κ2) is 8.37. The molecule has 0 radical (unpaired) electrons. The van der Waals surface area contributed by atoms with Crippen LogP contribution in [0, 0.1) is 5.92 Å². The smallest absolute Gasteiger partial charge is 0.244 e. The molecule has 8 nitrogen and oxygen atoms in total. The Labute approximate surface area is 145 Å². The summed E-state index contributed by atoms with van der Waals surface area (Å²) in [6, 6.07) is 2.77. The molecular formula is C15H21FN4O4S. The summed E-state index contributed by atoms with van der Waals surface area (Å²) in [6.07, 6.45) is 2.36. The lowest BCUT2D eigenvalue weighted by atomic mass is 9.98. The van der Waals surface area contributed by atoms with Gasteiger partial charge in [-0.25, -0.2) is 17.8 Å². The fourth-order valence-corrected chi connectivity index (χ4v) is 3.85. The van der Waals surface area contributed by atoms with Crippen molar-refractivity contribution >= 4 is 15.9 Å². The molecule has 1 aliphatic heterocycles. The van der Waals surface area contributed by atoms with Gasteiger partial charge in [-0.1, -0.05) is 0 Å². The Morgan fingerprint density at radius 3 is 2.56 bits per heavy atom. The maximum atomic E-state index is 12.6. The van der Waals surface area contributed by atoms with Crippen LogP contribution in [0.1, 0.15) is 12.8 Å². The highest BCUT2D eigenvalue weighted by molar-refractivity contribution is 7.89. The van der Waals surface area contributed by atoms with Gasteiger partial charge in [-0.2, -0.15) is 4.31 Å². The van der Waals surface area contributed by atoms with Gasteiger partial charge in [0.1, 0.15) is 11.5 Å². The van der Waals surface area contributed by atoms with Crippen molar-refractivity contribution in [2.45, 2.75) is 17.7 Å². The summed E-state index contributed by atoms with van der Waals surface area (Å²) < 4.78 is 44.1. The predicted molar refractivity (Wildman–Crippen MR) is 88.7 cm³/mol. The molecule has 1 saturated heterocycles. The summed E-state index contributed by atoms with van der Waals surface area (Å²) in [6.45, 7) is 0.418. The Balaban J connectivity index is 2.02. The van der Waals surface area contributed by atoms with Gasteiger partial charge in [0.25, 0.3) is 0 Å². The molecule has 10 heteroatoms. The number of hydrogen-bond acceptors (Lipinski definition) is 6. The second-order valence-electron chi connectivity index (χ2n) is 5.67. The summed E-state index contributed by atoms with van der Waals surface area (Å²) in [4.78, 5) is 15.1. The molecule has 138 valence electrons. The van der Waals surface area contributed by atoms with Crippen molar-refractivity contribution in [1.29, 1.82) is 0 Å². The molecule has 1 aliphatic rings. The van der Waals surface area contributed by atoms with Gasteiger partial charge in [0, 0.05) is 37.2 Å². The van der Waals surface area contributed by atoms with Crippen LogP contribution in [0.2, 0.25) is 0 Å². The Bertz CT molecular complexity index is 728. The van der Waals surface area contributed by atoms with Gasteiger partial charge in [-0.15, -0.1) is 0 Å². The number of aromatic nitrogens is 1. The number of piperidine rings is 1. The largest absolute Gasteiger partial charge is 0.473 e. The van der Waals surface area contributed by atoms with Crippen LogP contribution in [-0.4, -0.2) is 49.9 Å². The van der Waals surface area contributed by atoms with Gasteiger partial charge in [-0.3, -0.25) is 4.79 Å². The monoisotopic (exact) mass is 372 g/mol. The fourth-order valence-electron chi connectivity index (χ4n) is 2.44. The highest BCUT2D eigenvalue weighted by Crippen LogP contribution is 2.24. The standard InChI is InChI=1S/C15H21FN4O4S/c16-7-11(8-17)10-24-14-2-1-13(9-19-14)25(22,23)20-5-3-12(4-6-20)15(18)21/h1-2,7,9,12H,3-6,8,10,17H2,(H2,18,21). The normalized spacial score (nSPS) is 17.4. The van der Waals surface area contributed by atoms with Crippen LogP contribution in [-0.2, 0) is 14.8 Å². The van der Waals surface area contributed by atoms with Gasteiger partial charge >= 0.3 is 0 Å². The number of nitrogens with two attached hydrogens (primary N) is 2. The van der Waals surface area contributed by atoms with Gasteiger partial charge in [0.15, 0.2) is 0 Å². The summed E-state index contributed by atoms with van der Waals surface area (Å²) in [5.41, 5.74) is 10.8. The number of halogens is 1. The van der Waals surface area contributed by atoms with E-state index in [0.29, 0.717) is 19.2 Å². The van der Waals surface area contributed by atoms with E-state index in [1.807, 2.05) is 0 Å². The van der Waals surface area contributed by atoms with E-state index in [9.17, 15) is 17.6 Å². The van der Waals surface area contributed by atoms with Crippen molar-refractivity contribution in [1.82, 2.24) is 9.29 Å². The van der Waals surface area contributed by atoms with Gasteiger partial charge in [0.05, 0.1) is 12.5 Å². The van der Waals surface area contributed by atoms with Crippen LogP contribution in [0.15, 0.2) is 35.1 Å². The van der Waals surface area contributed by atoms with Crippen molar-refractivity contribution in [3.8, 4) is 5.88 Å². The van der Waals surface area contributed by atoms with Gasteiger partial charge in [0.2, 0.25) is 21.8 Å². The Morgan fingerprint density at radius 1 is 1.40 bits per heavy atom. The molecule has 0 aliphatic carbocycles. The third kappa shape index (κ3) is 4.74. The average molecular weight is 372 g/mol. The maximum Gasteiger partial charge on any atom is 0.244 e. The van der Waals surface area contributed by atoms with Crippen molar-refractivity contribution in [3.05, 3.63) is 30.2 Å². The first-order valence-electron chi connectivity index (χ1n) is 7.75. The summed E-state index contributed by atoms with van der Waals surface area (Å²) in [7, 11) is -3.70. The Hall–Kier alpha value is -2.04. The number of carbonyl (C=O) groups is 1. The third-order valence-electron chi connectivity index (χ3n) is 4.03. The van der Waals surface area contributed by atoms with Crippen LogP contribution in [0.4, 0.5) is 4.39 Å². The third-order valence-corrected chi connectivity index (χ3v) is 5.91. The average Bonchev–Trinajstić information content (AvgIpc) is 2.63. The number of amides is 1. The molecule has 0 aromatic carbocycles. The lowest BCUT2D eigenvalue weighted by molar-refractivity contribution is -0.122. The first kappa shape index (κ1) is 19.3. The summed E-state index contributed by atoms with van der Waals surface area (Å²) >= 11 is 0. The predicted octanol–water partition coefficient (Wildman–Crippen LogP) is 0.159. The molecule has 2 rings (SSSR count). The molecule has 0 atom stereocenters. The molecule has 1 amide bonds. The molecule has 0 spiro atoms. The number of nitrogens with zero attached hydrogens (tertiary/aromatic N) is 2. The molecule has 1 aromatic rings. The second-order valence-corrected chi connectivity index (χ2v) is 7.61. The molecular weight excluding hydrogens is 351 g/mol. The van der Waals surface area contributed by atoms with E-state index in [0.717, 1.165) is 0 Å². The zero-order valence-corrected chi connectivity index (χ0v) is 14.4. The van der Waals surface area contributed by atoms with Gasteiger partial charge in [-0.05, 0) is 18.9 Å². The summed E-state index contributed by atoms with van der Waals surface area (Å²) in [5.74, 6) is -0.528. The number of ether oxygens (including phenoxy) is 1. The van der Waals surface area contributed by atoms with Crippen molar-refractivity contribution in [2.24, 2.45) is 17.4 Å². The molecule has 4 N–H and O–H groups in total. The molecule has 25 heavy (non-hydrogen) atoms. The molecule has 1 fully saturated rings. The van der Waals surface area contributed by atoms with Crippen molar-refractivity contribution in [3.63, 3.8) is 0 Å². The minimum atomic E-state index is -3.70. The van der Waals surface area contributed by atoms with Crippen LogP contribution in [0.25, 0.3) is 0 Å². The zero-order chi connectivity index (χ0) is 18.4. The molecule has 1 aromatic heterocycles. The highest BCUT2D eigenvalue weighted by atomic mass is 32.2. The topological polar surface area (TPSA) is 129 Å².